The molecule has 24 heavy (non-hydrogen) atoms. The molecule has 1 atom stereocenters. The van der Waals surface area contributed by atoms with Crippen molar-refractivity contribution in [2.24, 2.45) is 7.05 Å². The van der Waals surface area contributed by atoms with Crippen molar-refractivity contribution in [3.8, 4) is 0 Å². The van der Waals surface area contributed by atoms with E-state index in [9.17, 15) is 4.79 Å². The summed E-state index contributed by atoms with van der Waals surface area (Å²) in [4.78, 5) is 13.0. The molecule has 130 valence electrons. The molecule has 0 saturated heterocycles. The molecule has 2 heterocycles. The standard InChI is InChI=1S/C16H22N4O2S2/c1-6-11-7-12(15(21)22-5)14(24-11)19-16(23)18-9(2)13-8-17-20(4)10(13)3/h7-9H,6H2,1-5H3,(H2,18,19,23). The fourth-order valence-electron chi connectivity index (χ4n) is 2.33. The second kappa shape index (κ2) is 7.76. The Kier molecular flexibility index (Phi) is 5.95. The van der Waals surface area contributed by atoms with E-state index in [-0.39, 0.29) is 12.0 Å². The molecule has 8 heteroatoms. The number of rotatable bonds is 5. The number of aryl methyl sites for hydroxylation is 2. The summed E-state index contributed by atoms with van der Waals surface area (Å²) < 4.78 is 6.66. The summed E-state index contributed by atoms with van der Waals surface area (Å²) in [5.74, 6) is -0.368. The van der Waals surface area contributed by atoms with Gasteiger partial charge in [-0.15, -0.1) is 11.3 Å². The lowest BCUT2D eigenvalue weighted by Gasteiger charge is -2.16. The van der Waals surface area contributed by atoms with E-state index in [2.05, 4.69) is 15.7 Å². The number of nitrogens with one attached hydrogen (secondary N) is 2. The Bertz CT molecular complexity index is 751. The fraction of sp³-hybridized carbons (Fsp3) is 0.438. The number of carbonyl (C=O) groups excluding carboxylic acids is 1. The first-order valence-corrected chi connectivity index (χ1v) is 8.86. The highest BCUT2D eigenvalue weighted by Gasteiger charge is 2.18. The fourth-order valence-corrected chi connectivity index (χ4v) is 3.66. The zero-order valence-corrected chi connectivity index (χ0v) is 16.1. The van der Waals surface area contributed by atoms with Gasteiger partial charge in [-0.1, -0.05) is 6.92 Å². The van der Waals surface area contributed by atoms with Crippen molar-refractivity contribution in [3.05, 3.63) is 34.0 Å². The van der Waals surface area contributed by atoms with Crippen LogP contribution < -0.4 is 10.6 Å². The number of aromatic nitrogens is 2. The van der Waals surface area contributed by atoms with E-state index in [1.807, 2.05) is 44.8 Å². The van der Waals surface area contributed by atoms with Crippen molar-refractivity contribution in [3.63, 3.8) is 0 Å². The van der Waals surface area contributed by atoms with Crippen LogP contribution in [-0.4, -0.2) is 28.0 Å². The smallest absolute Gasteiger partial charge is 0.340 e. The normalized spacial score (nSPS) is 11.9. The van der Waals surface area contributed by atoms with Crippen molar-refractivity contribution < 1.29 is 9.53 Å². The first kappa shape index (κ1) is 18.4. The summed E-state index contributed by atoms with van der Waals surface area (Å²) in [5.41, 5.74) is 2.67. The third-order valence-electron chi connectivity index (χ3n) is 3.85. The number of hydrogen-bond acceptors (Lipinski definition) is 5. The molecular weight excluding hydrogens is 344 g/mol. The SMILES string of the molecule is CCc1cc(C(=O)OC)c(NC(=S)NC(C)c2cnn(C)c2C)s1. The maximum atomic E-state index is 11.9. The van der Waals surface area contributed by atoms with Gasteiger partial charge >= 0.3 is 5.97 Å². The monoisotopic (exact) mass is 366 g/mol. The molecule has 0 amide bonds. The molecule has 1 unspecified atom stereocenters. The van der Waals surface area contributed by atoms with Gasteiger partial charge in [0.15, 0.2) is 5.11 Å². The molecule has 0 bridgehead atoms. The highest BCUT2D eigenvalue weighted by atomic mass is 32.1. The Morgan fingerprint density at radius 3 is 2.79 bits per heavy atom. The number of methoxy groups -OCH3 is 1. The Labute approximate surface area is 151 Å². The van der Waals surface area contributed by atoms with Crippen molar-refractivity contribution in [2.45, 2.75) is 33.2 Å². The molecule has 0 aliphatic carbocycles. The molecule has 0 aromatic carbocycles. The molecule has 0 fully saturated rings. The van der Waals surface area contributed by atoms with Gasteiger partial charge in [-0.05, 0) is 38.6 Å². The van der Waals surface area contributed by atoms with Crippen molar-refractivity contribution in [2.75, 3.05) is 12.4 Å². The molecule has 2 N–H and O–H groups in total. The molecule has 0 aliphatic rings. The van der Waals surface area contributed by atoms with E-state index in [0.717, 1.165) is 22.6 Å². The molecule has 2 rings (SSSR count). The number of thiophene rings is 1. The first-order valence-electron chi connectivity index (χ1n) is 7.64. The lowest BCUT2D eigenvalue weighted by molar-refractivity contribution is 0.0602. The van der Waals surface area contributed by atoms with Gasteiger partial charge in [-0.2, -0.15) is 5.10 Å². The van der Waals surface area contributed by atoms with Gasteiger partial charge in [0.25, 0.3) is 0 Å². The lowest BCUT2D eigenvalue weighted by atomic mass is 10.1. The predicted octanol–water partition coefficient (Wildman–Crippen LogP) is 3.19. The summed E-state index contributed by atoms with van der Waals surface area (Å²) in [5, 5.41) is 11.8. The molecular formula is C16H22N4O2S2. The zero-order valence-electron chi connectivity index (χ0n) is 14.5. The van der Waals surface area contributed by atoms with Crippen LogP contribution in [0.3, 0.4) is 0 Å². The molecule has 0 saturated carbocycles. The third-order valence-corrected chi connectivity index (χ3v) is 5.27. The maximum Gasteiger partial charge on any atom is 0.340 e. The summed E-state index contributed by atoms with van der Waals surface area (Å²) >= 11 is 6.90. The number of esters is 1. The Morgan fingerprint density at radius 1 is 1.54 bits per heavy atom. The van der Waals surface area contributed by atoms with Crippen LogP contribution in [-0.2, 0) is 18.2 Å². The molecule has 0 radical (unpaired) electrons. The molecule has 0 aliphatic heterocycles. The Balaban J connectivity index is 2.11. The molecule has 2 aromatic rings. The molecule has 6 nitrogen and oxygen atoms in total. The summed E-state index contributed by atoms with van der Waals surface area (Å²) in [7, 11) is 3.28. The maximum absolute atomic E-state index is 11.9. The summed E-state index contributed by atoms with van der Waals surface area (Å²) in [6.45, 7) is 6.07. The van der Waals surface area contributed by atoms with Crippen LogP contribution in [0.4, 0.5) is 5.00 Å². The van der Waals surface area contributed by atoms with Gasteiger partial charge in [0, 0.05) is 23.2 Å². The number of ether oxygens (including phenoxy) is 1. The average molecular weight is 367 g/mol. The number of anilines is 1. The van der Waals surface area contributed by atoms with E-state index >= 15 is 0 Å². The Hall–Kier alpha value is -1.93. The van der Waals surface area contributed by atoms with E-state index < -0.39 is 0 Å². The number of hydrogen-bond donors (Lipinski definition) is 2. The van der Waals surface area contributed by atoms with Crippen LogP contribution in [0.25, 0.3) is 0 Å². The van der Waals surface area contributed by atoms with Crippen LogP contribution in [0, 0.1) is 6.92 Å². The highest BCUT2D eigenvalue weighted by molar-refractivity contribution is 7.80. The average Bonchev–Trinajstić information content (AvgIpc) is 3.10. The number of nitrogens with zero attached hydrogens (tertiary/aromatic N) is 2. The number of carbonyl (C=O) groups is 1. The molecule has 2 aromatic heterocycles. The quantitative estimate of drug-likeness (QED) is 0.626. The molecule has 0 spiro atoms. The minimum atomic E-state index is -0.368. The summed E-state index contributed by atoms with van der Waals surface area (Å²) in [6.07, 6.45) is 2.68. The first-order chi connectivity index (χ1) is 11.4. The van der Waals surface area contributed by atoms with Gasteiger partial charge in [0.05, 0.1) is 24.9 Å². The second-order valence-corrected chi connectivity index (χ2v) is 6.97. The van der Waals surface area contributed by atoms with E-state index in [4.69, 9.17) is 17.0 Å². The van der Waals surface area contributed by atoms with E-state index in [1.54, 1.807) is 0 Å². The van der Waals surface area contributed by atoms with Gasteiger partial charge in [-0.25, -0.2) is 4.79 Å². The van der Waals surface area contributed by atoms with E-state index in [0.29, 0.717) is 15.7 Å². The minimum absolute atomic E-state index is 0.00545. The summed E-state index contributed by atoms with van der Waals surface area (Å²) in [6, 6.07) is 1.85. The lowest BCUT2D eigenvalue weighted by Crippen LogP contribution is -2.31. The van der Waals surface area contributed by atoms with Crippen LogP contribution in [0.2, 0.25) is 0 Å². The largest absolute Gasteiger partial charge is 0.465 e. The zero-order chi connectivity index (χ0) is 17.9. The van der Waals surface area contributed by atoms with Crippen molar-refractivity contribution in [1.29, 1.82) is 0 Å². The predicted molar refractivity (Wildman–Crippen MR) is 101 cm³/mol. The minimum Gasteiger partial charge on any atom is -0.465 e. The van der Waals surface area contributed by atoms with Gasteiger partial charge in [0.2, 0.25) is 0 Å². The third kappa shape index (κ3) is 3.93. The topological polar surface area (TPSA) is 68.2 Å². The van der Waals surface area contributed by atoms with Crippen LogP contribution in [0.5, 0.6) is 0 Å². The van der Waals surface area contributed by atoms with Gasteiger partial charge < -0.3 is 15.4 Å². The van der Waals surface area contributed by atoms with Crippen LogP contribution in [0.15, 0.2) is 12.3 Å². The van der Waals surface area contributed by atoms with Gasteiger partial charge in [0.1, 0.15) is 5.00 Å². The van der Waals surface area contributed by atoms with E-state index in [1.165, 1.54) is 18.4 Å². The highest BCUT2D eigenvalue weighted by Crippen LogP contribution is 2.29. The van der Waals surface area contributed by atoms with Crippen LogP contribution in [0.1, 0.15) is 46.4 Å². The van der Waals surface area contributed by atoms with Gasteiger partial charge in [-0.3, -0.25) is 4.68 Å². The number of thiocarbonyl (C=S) groups is 1. The van der Waals surface area contributed by atoms with Crippen LogP contribution >= 0.6 is 23.6 Å². The second-order valence-electron chi connectivity index (χ2n) is 5.43. The van der Waals surface area contributed by atoms with Crippen molar-refractivity contribution in [1.82, 2.24) is 15.1 Å². The van der Waals surface area contributed by atoms with Crippen molar-refractivity contribution >= 4 is 39.6 Å². The Morgan fingerprint density at radius 2 is 2.25 bits per heavy atom.